The van der Waals surface area contributed by atoms with Gasteiger partial charge in [-0.05, 0) is 40.8 Å². The van der Waals surface area contributed by atoms with E-state index in [1.54, 1.807) is 18.4 Å². The number of nitrogens with zero attached hydrogens (tertiary/aromatic N) is 1. The molecule has 0 saturated carbocycles. The number of hydrogen-bond donors (Lipinski definition) is 1. The summed E-state index contributed by atoms with van der Waals surface area (Å²) >= 11 is 1.75. The molecular weight excluding hydrogens is 380 g/mol. The van der Waals surface area contributed by atoms with Gasteiger partial charge in [0, 0.05) is 24.1 Å². The molecule has 142 valence electrons. The summed E-state index contributed by atoms with van der Waals surface area (Å²) in [6, 6.07) is 12.9. The van der Waals surface area contributed by atoms with Crippen LogP contribution in [0.2, 0.25) is 0 Å². The smallest absolute Gasteiger partial charge is 0.139 e. The number of methoxy groups -OCH3 is 1. The Morgan fingerprint density at radius 3 is 2.74 bits per heavy atom. The lowest BCUT2D eigenvalue weighted by molar-refractivity contribution is 0.146. The average Bonchev–Trinajstić information content (AvgIpc) is 3.33. The van der Waals surface area contributed by atoms with Crippen molar-refractivity contribution >= 4 is 40.4 Å². The second kappa shape index (κ2) is 8.74. The van der Waals surface area contributed by atoms with Gasteiger partial charge in [-0.2, -0.15) is 0 Å². The van der Waals surface area contributed by atoms with E-state index >= 15 is 0 Å². The topological polar surface area (TPSA) is 42.9 Å². The first-order chi connectivity index (χ1) is 12.8. The largest absolute Gasteiger partial charge is 0.490 e. The van der Waals surface area contributed by atoms with Crippen LogP contribution in [0, 0.1) is 6.92 Å². The molecule has 6 heteroatoms. The molecule has 0 fully saturated rings. The number of rotatable bonds is 6. The van der Waals surface area contributed by atoms with Crippen molar-refractivity contribution in [2.24, 2.45) is 4.99 Å². The Balaban J connectivity index is 0.00000210. The molecule has 3 aromatic rings. The van der Waals surface area contributed by atoms with E-state index in [4.69, 9.17) is 9.47 Å². The molecule has 0 spiro atoms. The molecule has 2 aromatic carbocycles. The fourth-order valence-corrected chi connectivity index (χ4v) is 4.22. The summed E-state index contributed by atoms with van der Waals surface area (Å²) in [6.45, 7) is 4.85. The van der Waals surface area contributed by atoms with E-state index < -0.39 is 0 Å². The molecule has 2 heterocycles. The van der Waals surface area contributed by atoms with Gasteiger partial charge in [-0.25, -0.2) is 0 Å². The van der Waals surface area contributed by atoms with Crippen LogP contribution in [0.4, 0.5) is 0 Å². The van der Waals surface area contributed by atoms with Gasteiger partial charge >= 0.3 is 0 Å². The number of thiophene rings is 1. The van der Waals surface area contributed by atoms with Crippen molar-refractivity contribution in [3.05, 3.63) is 52.9 Å². The van der Waals surface area contributed by atoms with E-state index in [0.29, 0.717) is 13.2 Å². The van der Waals surface area contributed by atoms with Crippen molar-refractivity contribution in [3.8, 4) is 16.2 Å². The lowest BCUT2D eigenvalue weighted by atomic mass is 9.97. The maximum Gasteiger partial charge on any atom is 0.139 e. The maximum atomic E-state index is 6.25. The summed E-state index contributed by atoms with van der Waals surface area (Å²) in [5.74, 6) is 1.80. The Hall–Kier alpha value is -2.08. The van der Waals surface area contributed by atoms with Gasteiger partial charge in [-0.3, -0.25) is 4.99 Å². The second-order valence-electron chi connectivity index (χ2n) is 6.34. The predicted molar refractivity (Wildman–Crippen MR) is 116 cm³/mol. The van der Waals surface area contributed by atoms with Gasteiger partial charge in [0.15, 0.2) is 0 Å². The maximum absolute atomic E-state index is 6.25. The van der Waals surface area contributed by atoms with Crippen molar-refractivity contribution in [1.82, 2.24) is 5.32 Å². The van der Waals surface area contributed by atoms with Gasteiger partial charge in [0.1, 0.15) is 18.2 Å². The van der Waals surface area contributed by atoms with Crippen LogP contribution in [0.15, 0.2) is 46.8 Å². The Morgan fingerprint density at radius 1 is 1.19 bits per heavy atom. The third-order valence-corrected chi connectivity index (χ3v) is 5.51. The van der Waals surface area contributed by atoms with Gasteiger partial charge < -0.3 is 14.8 Å². The van der Waals surface area contributed by atoms with E-state index in [1.165, 1.54) is 21.2 Å². The molecule has 0 unspecified atom stereocenters. The van der Waals surface area contributed by atoms with Crippen LogP contribution >= 0.6 is 23.7 Å². The quantitative estimate of drug-likeness (QED) is 0.609. The number of aliphatic imine (C=N–C) groups is 1. The van der Waals surface area contributed by atoms with E-state index in [2.05, 4.69) is 59.0 Å². The van der Waals surface area contributed by atoms with Crippen molar-refractivity contribution in [3.63, 3.8) is 0 Å². The zero-order valence-electron chi connectivity index (χ0n) is 15.5. The first-order valence-electron chi connectivity index (χ1n) is 8.79. The first kappa shape index (κ1) is 19.7. The minimum Gasteiger partial charge on any atom is -0.490 e. The fourth-order valence-electron chi connectivity index (χ4n) is 3.27. The number of halogens is 1. The fraction of sp³-hybridized carbons (Fsp3) is 0.286. The minimum atomic E-state index is 0. The lowest BCUT2D eigenvalue weighted by Gasteiger charge is -2.18. The van der Waals surface area contributed by atoms with Gasteiger partial charge in [0.2, 0.25) is 0 Å². The molecule has 1 aromatic heterocycles. The zero-order chi connectivity index (χ0) is 17.9. The minimum absolute atomic E-state index is 0. The van der Waals surface area contributed by atoms with Crippen LogP contribution in [-0.2, 0) is 4.74 Å². The van der Waals surface area contributed by atoms with Crippen molar-refractivity contribution in [2.75, 3.05) is 33.4 Å². The average molecular weight is 403 g/mol. The van der Waals surface area contributed by atoms with Gasteiger partial charge in [-0.1, -0.05) is 24.3 Å². The van der Waals surface area contributed by atoms with Gasteiger partial charge in [0.05, 0.1) is 18.7 Å². The van der Waals surface area contributed by atoms with Crippen LogP contribution in [0.1, 0.15) is 11.1 Å². The zero-order valence-corrected chi connectivity index (χ0v) is 17.1. The molecule has 0 amide bonds. The molecule has 1 N–H and O–H groups in total. The predicted octanol–water partition coefficient (Wildman–Crippen LogP) is 4.67. The normalized spacial score (nSPS) is 13.2. The van der Waals surface area contributed by atoms with Crippen LogP contribution < -0.4 is 10.1 Å². The number of ether oxygens (including phenoxy) is 2. The van der Waals surface area contributed by atoms with E-state index in [1.807, 2.05) is 0 Å². The third kappa shape index (κ3) is 3.95. The Bertz CT molecular complexity index is 968. The molecule has 0 bridgehead atoms. The number of fused-ring (bicyclic) bond motifs is 1. The van der Waals surface area contributed by atoms with E-state index in [0.717, 1.165) is 35.8 Å². The molecule has 4 nitrogen and oxygen atoms in total. The van der Waals surface area contributed by atoms with Crippen molar-refractivity contribution in [1.29, 1.82) is 0 Å². The summed E-state index contributed by atoms with van der Waals surface area (Å²) in [4.78, 5) is 5.85. The molecule has 1 aliphatic heterocycles. The Labute approximate surface area is 169 Å². The van der Waals surface area contributed by atoms with Crippen molar-refractivity contribution < 1.29 is 9.47 Å². The number of nitrogens with one attached hydrogen (secondary N) is 1. The molecular formula is C21H23ClN2O2S. The Morgan fingerprint density at radius 2 is 2.04 bits per heavy atom. The highest BCUT2D eigenvalue weighted by molar-refractivity contribution is 7.13. The van der Waals surface area contributed by atoms with Crippen LogP contribution in [0.25, 0.3) is 21.2 Å². The number of benzene rings is 2. The van der Waals surface area contributed by atoms with E-state index in [-0.39, 0.29) is 12.4 Å². The molecule has 0 atom stereocenters. The summed E-state index contributed by atoms with van der Waals surface area (Å²) in [5, 5.41) is 7.97. The van der Waals surface area contributed by atoms with Crippen molar-refractivity contribution in [2.45, 2.75) is 6.92 Å². The Kier molecular flexibility index (Phi) is 6.37. The molecule has 4 rings (SSSR count). The molecule has 0 radical (unpaired) electrons. The summed E-state index contributed by atoms with van der Waals surface area (Å²) in [6.07, 6.45) is 0. The van der Waals surface area contributed by atoms with Gasteiger partial charge in [-0.15, -0.1) is 23.7 Å². The second-order valence-corrected chi connectivity index (χ2v) is 7.25. The summed E-state index contributed by atoms with van der Waals surface area (Å²) in [7, 11) is 1.69. The molecule has 0 aliphatic carbocycles. The standard InChI is InChI=1S/C21H22N2O2S.ClH/c1-14-11-18(26-13-14)19-16-6-4-3-5-15(16)12-17(21-22-7-8-23-21)20(19)25-10-9-24-2;/h3-6,11-13H,7-10H2,1-2H3,(H,22,23);1H. The number of hydrogen-bond acceptors (Lipinski definition) is 5. The number of amidine groups is 1. The SMILES string of the molecule is COCCOc1c(C2=NCCN2)cc2ccccc2c1-c1cc(C)cs1.Cl. The molecule has 27 heavy (non-hydrogen) atoms. The van der Waals surface area contributed by atoms with Crippen LogP contribution in [-0.4, -0.2) is 39.2 Å². The highest BCUT2D eigenvalue weighted by Crippen LogP contribution is 2.43. The highest BCUT2D eigenvalue weighted by Gasteiger charge is 2.22. The molecule has 0 saturated heterocycles. The first-order valence-corrected chi connectivity index (χ1v) is 9.67. The lowest BCUT2D eigenvalue weighted by Crippen LogP contribution is -2.21. The van der Waals surface area contributed by atoms with E-state index in [9.17, 15) is 0 Å². The third-order valence-electron chi connectivity index (χ3n) is 4.44. The van der Waals surface area contributed by atoms with Crippen LogP contribution in [0.3, 0.4) is 0 Å². The molecule has 1 aliphatic rings. The van der Waals surface area contributed by atoms with Gasteiger partial charge in [0.25, 0.3) is 0 Å². The summed E-state index contributed by atoms with van der Waals surface area (Å²) < 4.78 is 11.5. The number of aryl methyl sites for hydroxylation is 1. The monoisotopic (exact) mass is 402 g/mol. The summed E-state index contributed by atoms with van der Waals surface area (Å²) in [5.41, 5.74) is 3.43. The highest BCUT2D eigenvalue weighted by atomic mass is 35.5. The van der Waals surface area contributed by atoms with Crippen LogP contribution in [0.5, 0.6) is 5.75 Å².